The Bertz CT molecular complexity index is 1270. The van der Waals surface area contributed by atoms with Crippen molar-refractivity contribution in [3.63, 3.8) is 0 Å². The number of anilines is 1. The van der Waals surface area contributed by atoms with E-state index in [1.165, 1.54) is 6.07 Å². The quantitative estimate of drug-likeness (QED) is 0.467. The van der Waals surface area contributed by atoms with Crippen LogP contribution in [0.3, 0.4) is 0 Å². The van der Waals surface area contributed by atoms with Gasteiger partial charge in [0.2, 0.25) is 0 Å². The molecule has 0 unspecified atom stereocenters. The zero-order chi connectivity index (χ0) is 22.7. The summed E-state index contributed by atoms with van der Waals surface area (Å²) in [5, 5.41) is 13.5. The van der Waals surface area contributed by atoms with Gasteiger partial charge >= 0.3 is 6.18 Å². The number of aromatic nitrogens is 4. The summed E-state index contributed by atoms with van der Waals surface area (Å²) in [5.41, 5.74) is 0.772. The lowest BCUT2D eigenvalue weighted by molar-refractivity contribution is -0.137. The van der Waals surface area contributed by atoms with Crippen molar-refractivity contribution in [2.24, 2.45) is 0 Å². The Labute approximate surface area is 179 Å². The monoisotopic (exact) mass is 442 g/mol. The van der Waals surface area contributed by atoms with Gasteiger partial charge in [0.05, 0.1) is 17.6 Å². The number of amides is 1. The second-order valence-electron chi connectivity index (χ2n) is 6.94. The smallest absolute Gasteiger partial charge is 0.365 e. The highest BCUT2D eigenvalue weighted by Crippen LogP contribution is 2.30. The Morgan fingerprint density at radius 1 is 1.03 bits per heavy atom. The Morgan fingerprint density at radius 3 is 2.59 bits per heavy atom. The molecule has 164 valence electrons. The highest BCUT2D eigenvalue weighted by atomic mass is 19.4. The van der Waals surface area contributed by atoms with E-state index in [0.717, 1.165) is 12.1 Å². The minimum Gasteiger partial charge on any atom is -0.365 e. The largest absolute Gasteiger partial charge is 0.416 e. The molecule has 32 heavy (non-hydrogen) atoms. The van der Waals surface area contributed by atoms with Gasteiger partial charge in [-0.25, -0.2) is 14.6 Å². The van der Waals surface area contributed by atoms with Crippen LogP contribution >= 0.6 is 0 Å². The van der Waals surface area contributed by atoms with Crippen LogP contribution in [0.1, 0.15) is 33.1 Å². The second kappa shape index (κ2) is 8.61. The molecule has 0 spiro atoms. The van der Waals surface area contributed by atoms with Crippen LogP contribution in [-0.2, 0) is 19.3 Å². The molecule has 0 aliphatic rings. The summed E-state index contributed by atoms with van der Waals surface area (Å²) < 4.78 is 43.5. The summed E-state index contributed by atoms with van der Waals surface area (Å²) in [5.74, 6) is 0.272. The van der Waals surface area contributed by atoms with Crippen LogP contribution in [0.15, 0.2) is 53.2 Å². The van der Waals surface area contributed by atoms with E-state index in [-0.39, 0.29) is 18.8 Å². The molecule has 2 heterocycles. The molecule has 11 heteroatoms. The van der Waals surface area contributed by atoms with Gasteiger partial charge in [-0.1, -0.05) is 29.4 Å². The third-order valence-electron chi connectivity index (χ3n) is 4.64. The fourth-order valence-electron chi connectivity index (χ4n) is 3.06. The average molecular weight is 442 g/mol. The molecule has 2 aromatic carbocycles. The van der Waals surface area contributed by atoms with Gasteiger partial charge in [-0.2, -0.15) is 13.2 Å². The minimum absolute atomic E-state index is 0.00814. The molecule has 0 bridgehead atoms. The Hall–Kier alpha value is -4.02. The number of carbonyl (C=O) groups is 1. The van der Waals surface area contributed by atoms with Crippen molar-refractivity contribution in [1.29, 1.82) is 0 Å². The molecular formula is C21H17F3N6O2. The number of halogens is 3. The van der Waals surface area contributed by atoms with Gasteiger partial charge < -0.3 is 10.6 Å². The summed E-state index contributed by atoms with van der Waals surface area (Å²) in [6, 6.07) is 12.3. The lowest BCUT2D eigenvalue weighted by atomic mass is 10.1. The van der Waals surface area contributed by atoms with Crippen molar-refractivity contribution in [3.8, 4) is 0 Å². The van der Waals surface area contributed by atoms with E-state index in [2.05, 4.69) is 35.5 Å². The van der Waals surface area contributed by atoms with E-state index >= 15 is 0 Å². The van der Waals surface area contributed by atoms with Crippen LogP contribution in [-0.4, -0.2) is 26.2 Å². The SMILES string of the molecule is Cc1nonc1C(=O)NCc1nc(NCc2cccc(C(F)(F)F)c2)c2ccccc2n1. The van der Waals surface area contributed by atoms with Crippen LogP contribution < -0.4 is 10.6 Å². The summed E-state index contributed by atoms with van der Waals surface area (Å²) >= 11 is 0. The van der Waals surface area contributed by atoms with Crippen molar-refractivity contribution in [1.82, 2.24) is 25.6 Å². The van der Waals surface area contributed by atoms with Crippen LogP contribution in [0.2, 0.25) is 0 Å². The van der Waals surface area contributed by atoms with Gasteiger partial charge in [0.1, 0.15) is 11.5 Å². The fraction of sp³-hybridized carbons (Fsp3) is 0.190. The number of hydrogen-bond acceptors (Lipinski definition) is 7. The zero-order valence-corrected chi connectivity index (χ0v) is 16.8. The predicted molar refractivity (Wildman–Crippen MR) is 109 cm³/mol. The molecule has 4 aromatic rings. The molecule has 2 N–H and O–H groups in total. The number of nitrogens with zero attached hydrogens (tertiary/aromatic N) is 4. The normalized spacial score (nSPS) is 11.5. The molecule has 0 saturated carbocycles. The van der Waals surface area contributed by atoms with E-state index in [9.17, 15) is 18.0 Å². The number of hydrogen-bond donors (Lipinski definition) is 2. The van der Waals surface area contributed by atoms with Gasteiger partial charge in [-0.3, -0.25) is 4.79 Å². The van der Waals surface area contributed by atoms with E-state index in [1.54, 1.807) is 31.2 Å². The summed E-state index contributed by atoms with van der Waals surface area (Å²) in [6.45, 7) is 1.72. The highest BCUT2D eigenvalue weighted by molar-refractivity contribution is 5.93. The number of alkyl halides is 3. The first-order valence-corrected chi connectivity index (χ1v) is 9.54. The van der Waals surface area contributed by atoms with Gasteiger partial charge in [-0.05, 0) is 41.9 Å². The molecule has 1 amide bonds. The molecule has 4 rings (SSSR count). The zero-order valence-electron chi connectivity index (χ0n) is 16.8. The number of aryl methyl sites for hydroxylation is 1. The maximum atomic E-state index is 13.0. The molecular weight excluding hydrogens is 425 g/mol. The van der Waals surface area contributed by atoms with Gasteiger partial charge in [-0.15, -0.1) is 0 Å². The van der Waals surface area contributed by atoms with Crippen LogP contribution in [0.25, 0.3) is 10.9 Å². The molecule has 0 aliphatic carbocycles. The van der Waals surface area contributed by atoms with Crippen LogP contribution in [0.4, 0.5) is 19.0 Å². The molecule has 0 radical (unpaired) electrons. The highest BCUT2D eigenvalue weighted by Gasteiger charge is 2.30. The molecule has 0 saturated heterocycles. The van der Waals surface area contributed by atoms with Crippen molar-refractivity contribution >= 4 is 22.6 Å². The summed E-state index contributed by atoms with van der Waals surface area (Å²) in [6.07, 6.45) is -4.42. The Balaban J connectivity index is 1.55. The summed E-state index contributed by atoms with van der Waals surface area (Å²) in [7, 11) is 0. The van der Waals surface area contributed by atoms with Gasteiger partial charge in [0.25, 0.3) is 5.91 Å². The Kier molecular flexibility index (Phi) is 5.71. The number of para-hydroxylation sites is 1. The predicted octanol–water partition coefficient (Wildman–Crippen LogP) is 3.88. The van der Waals surface area contributed by atoms with E-state index < -0.39 is 17.6 Å². The lowest BCUT2D eigenvalue weighted by Gasteiger charge is -2.13. The van der Waals surface area contributed by atoms with Crippen molar-refractivity contribution in [2.75, 3.05) is 5.32 Å². The fourth-order valence-corrected chi connectivity index (χ4v) is 3.06. The van der Waals surface area contributed by atoms with Crippen molar-refractivity contribution in [2.45, 2.75) is 26.2 Å². The molecule has 0 atom stereocenters. The number of rotatable bonds is 6. The number of carbonyl (C=O) groups excluding carboxylic acids is 1. The standard InChI is InChI=1S/C21H17F3N6O2/c1-12-18(30-32-29-12)20(31)26-11-17-27-16-8-3-2-7-15(16)19(28-17)25-10-13-5-4-6-14(9-13)21(22,23)24/h2-9H,10-11H2,1H3,(H,26,31)(H,25,27,28). The molecule has 2 aromatic heterocycles. The first kappa shape index (κ1) is 21.2. The molecule has 8 nitrogen and oxygen atoms in total. The molecule has 0 aliphatic heterocycles. The van der Waals surface area contributed by atoms with Crippen LogP contribution in [0.5, 0.6) is 0 Å². The van der Waals surface area contributed by atoms with E-state index in [0.29, 0.717) is 33.8 Å². The average Bonchev–Trinajstić information content (AvgIpc) is 3.21. The first-order valence-electron chi connectivity index (χ1n) is 9.54. The third-order valence-corrected chi connectivity index (χ3v) is 4.64. The minimum atomic E-state index is -4.42. The lowest BCUT2D eigenvalue weighted by Crippen LogP contribution is -2.25. The second-order valence-corrected chi connectivity index (χ2v) is 6.94. The molecule has 0 fully saturated rings. The summed E-state index contributed by atoms with van der Waals surface area (Å²) in [4.78, 5) is 21.1. The van der Waals surface area contributed by atoms with Crippen LogP contribution in [0, 0.1) is 6.92 Å². The van der Waals surface area contributed by atoms with E-state index in [4.69, 9.17) is 0 Å². The number of fused-ring (bicyclic) bond motifs is 1. The van der Waals surface area contributed by atoms with Gasteiger partial charge in [0.15, 0.2) is 11.5 Å². The van der Waals surface area contributed by atoms with E-state index in [1.807, 2.05) is 6.07 Å². The first-order chi connectivity index (χ1) is 15.3. The van der Waals surface area contributed by atoms with Gasteiger partial charge in [0, 0.05) is 11.9 Å². The number of nitrogens with one attached hydrogen (secondary N) is 2. The topological polar surface area (TPSA) is 106 Å². The van der Waals surface area contributed by atoms with Crippen molar-refractivity contribution < 1.29 is 22.6 Å². The third kappa shape index (κ3) is 4.66. The number of benzene rings is 2. The Morgan fingerprint density at radius 2 is 1.84 bits per heavy atom. The maximum Gasteiger partial charge on any atom is 0.416 e. The van der Waals surface area contributed by atoms with Crippen molar-refractivity contribution in [3.05, 3.63) is 76.9 Å². The maximum absolute atomic E-state index is 13.0.